The molecule has 0 saturated heterocycles. The van der Waals surface area contributed by atoms with Crippen LogP contribution in [0.15, 0.2) is 40.5 Å². The molecule has 2 aromatic carbocycles. The van der Waals surface area contributed by atoms with E-state index in [4.69, 9.17) is 11.4 Å². The predicted octanol–water partition coefficient (Wildman–Crippen LogP) is 6.23. The van der Waals surface area contributed by atoms with E-state index in [0.29, 0.717) is 12.1 Å². The highest BCUT2D eigenvalue weighted by Crippen LogP contribution is 2.44. The highest BCUT2D eigenvalue weighted by atomic mass is 19.4. The number of halogens is 9. The van der Waals surface area contributed by atoms with Crippen molar-refractivity contribution in [3.05, 3.63) is 63.7 Å². The molecule has 3 N–H and O–H groups in total. The van der Waals surface area contributed by atoms with Crippen LogP contribution in [0, 0.1) is 12.5 Å². The molecule has 0 fully saturated rings. The highest BCUT2D eigenvalue weighted by molar-refractivity contribution is 5.87. The van der Waals surface area contributed by atoms with Crippen molar-refractivity contribution in [1.29, 1.82) is 5.53 Å². The van der Waals surface area contributed by atoms with Gasteiger partial charge in [-0.3, -0.25) is 0 Å². The number of amidine groups is 1. The molecule has 19 heteroatoms. The minimum Gasteiger partial charge on any atom is -0.364 e. The lowest BCUT2D eigenvalue weighted by molar-refractivity contribution is -0.143. The summed E-state index contributed by atoms with van der Waals surface area (Å²) in [6.45, 7) is 0.531. The summed E-state index contributed by atoms with van der Waals surface area (Å²) in [6, 6.07) is 2.36. The molecule has 0 radical (unpaired) electrons. The first-order valence-electron chi connectivity index (χ1n) is 12.8. The fourth-order valence-electron chi connectivity index (χ4n) is 5.10. The molecule has 238 valence electrons. The topological polar surface area (TPSA) is 125 Å². The Morgan fingerprint density at radius 2 is 1.64 bits per heavy atom. The van der Waals surface area contributed by atoms with E-state index in [1.165, 1.54) is 29.8 Å². The van der Waals surface area contributed by atoms with Crippen LogP contribution in [0.4, 0.5) is 51.1 Å². The minimum absolute atomic E-state index is 0.00318. The summed E-state index contributed by atoms with van der Waals surface area (Å²) in [7, 11) is 1.39. The number of hydrazone groups is 1. The van der Waals surface area contributed by atoms with Gasteiger partial charge in [-0.25, -0.2) is 5.53 Å². The summed E-state index contributed by atoms with van der Waals surface area (Å²) in [5, 5.41) is 18.3. The third kappa shape index (κ3) is 7.02. The van der Waals surface area contributed by atoms with Crippen molar-refractivity contribution < 1.29 is 39.5 Å². The Bertz CT molecular complexity index is 1510. The van der Waals surface area contributed by atoms with Crippen molar-refractivity contribution in [1.82, 2.24) is 20.2 Å². The van der Waals surface area contributed by atoms with E-state index in [0.717, 1.165) is 10.9 Å². The number of anilines is 2. The van der Waals surface area contributed by atoms with Gasteiger partial charge < -0.3 is 15.6 Å². The Morgan fingerprint density at radius 3 is 2.14 bits per heavy atom. The Kier molecular flexibility index (Phi) is 8.79. The summed E-state index contributed by atoms with van der Waals surface area (Å²) in [5.74, 6) is 4.91. The lowest BCUT2D eigenvalue weighted by Gasteiger charge is -2.33. The van der Waals surface area contributed by atoms with Crippen molar-refractivity contribution in [2.75, 3.05) is 22.9 Å². The zero-order valence-corrected chi connectivity index (χ0v) is 23.1. The predicted molar refractivity (Wildman–Crippen MR) is 139 cm³/mol. The number of aryl methyl sites for hydroxylation is 2. The average molecular weight is 637 g/mol. The third-order valence-electron chi connectivity index (χ3n) is 7.03. The van der Waals surface area contributed by atoms with Gasteiger partial charge in [0, 0.05) is 18.8 Å². The number of tetrazole rings is 1. The average Bonchev–Trinajstić information content (AvgIpc) is 3.28. The van der Waals surface area contributed by atoms with Crippen LogP contribution >= 0.6 is 0 Å². The summed E-state index contributed by atoms with van der Waals surface area (Å²) in [6.07, 6.45) is -14.5. The Morgan fingerprint density at radius 1 is 1.00 bits per heavy atom. The number of hydrogen-bond donors (Lipinski definition) is 2. The maximum absolute atomic E-state index is 14.0. The standard InChI is InChI=1S/C25H25F9N10/c1-13-6-17-19(4-3-5-43(12-21(37-35)38-36)20(17)10-18(13)25(32,33)34)44(22-39-41-42(2)40-22)11-14-7-15(23(26,27)28)9-16(8-14)24(29,30)31/h6-10,19,35H,3-5,11-12,36H2,1-2H3/b37-35?,38-21-/t19-/m0/s1. The van der Waals surface area contributed by atoms with E-state index in [2.05, 4.69) is 25.6 Å². The molecule has 3 aromatic rings. The van der Waals surface area contributed by atoms with Crippen molar-refractivity contribution in [3.8, 4) is 0 Å². The first kappa shape index (κ1) is 32.5. The fraction of sp³-hybridized carbons (Fsp3) is 0.440. The number of nitrogens with one attached hydrogen (secondary N) is 1. The van der Waals surface area contributed by atoms with E-state index >= 15 is 0 Å². The number of nitrogens with zero attached hydrogens (tertiary/aromatic N) is 8. The molecule has 1 aliphatic heterocycles. The molecule has 0 aliphatic carbocycles. The quantitative estimate of drug-likeness (QED) is 0.0826. The second-order valence-corrected chi connectivity index (χ2v) is 10.1. The van der Waals surface area contributed by atoms with Crippen LogP contribution < -0.4 is 15.6 Å². The Hall–Kier alpha value is -4.45. The normalized spacial score (nSPS) is 16.5. The van der Waals surface area contributed by atoms with Crippen LogP contribution in [-0.4, -0.2) is 39.1 Å². The first-order valence-corrected chi connectivity index (χ1v) is 12.8. The number of alkyl halides is 9. The number of fused-ring (bicyclic) bond motifs is 1. The zero-order valence-electron chi connectivity index (χ0n) is 23.1. The molecule has 0 unspecified atom stereocenters. The number of rotatable bonds is 6. The van der Waals surface area contributed by atoms with E-state index < -0.39 is 53.4 Å². The molecule has 0 bridgehead atoms. The van der Waals surface area contributed by atoms with Gasteiger partial charge in [-0.1, -0.05) is 11.2 Å². The van der Waals surface area contributed by atoms with Crippen LogP contribution in [0.2, 0.25) is 0 Å². The van der Waals surface area contributed by atoms with Gasteiger partial charge in [0.05, 0.1) is 36.3 Å². The first-order chi connectivity index (χ1) is 20.4. The summed E-state index contributed by atoms with van der Waals surface area (Å²) >= 11 is 0. The van der Waals surface area contributed by atoms with Crippen LogP contribution in [-0.2, 0) is 32.1 Å². The molecule has 0 spiro atoms. The van der Waals surface area contributed by atoms with E-state index in [-0.39, 0.29) is 60.6 Å². The van der Waals surface area contributed by atoms with E-state index in [1.807, 2.05) is 0 Å². The van der Waals surface area contributed by atoms with Gasteiger partial charge in [0.2, 0.25) is 0 Å². The van der Waals surface area contributed by atoms with Crippen LogP contribution in [0.3, 0.4) is 0 Å². The maximum Gasteiger partial charge on any atom is 0.416 e. The molecule has 1 atom stereocenters. The Labute approximate surface area is 243 Å². The largest absolute Gasteiger partial charge is 0.416 e. The lowest BCUT2D eigenvalue weighted by Crippen LogP contribution is -2.32. The number of hydrogen-bond acceptors (Lipinski definition) is 8. The molecule has 10 nitrogen and oxygen atoms in total. The van der Waals surface area contributed by atoms with Crippen LogP contribution in [0.1, 0.15) is 52.3 Å². The molecule has 2 heterocycles. The third-order valence-corrected chi connectivity index (χ3v) is 7.03. The zero-order chi connectivity index (χ0) is 32.6. The molecular formula is C25H25F9N10. The van der Waals surface area contributed by atoms with Gasteiger partial charge in [-0.15, -0.1) is 10.2 Å². The van der Waals surface area contributed by atoms with E-state index in [9.17, 15) is 39.5 Å². The second-order valence-electron chi connectivity index (χ2n) is 10.1. The molecule has 44 heavy (non-hydrogen) atoms. The van der Waals surface area contributed by atoms with Gasteiger partial charge in [-0.05, 0) is 65.9 Å². The van der Waals surface area contributed by atoms with Gasteiger partial charge in [0.1, 0.15) is 0 Å². The highest BCUT2D eigenvalue weighted by Gasteiger charge is 2.39. The van der Waals surface area contributed by atoms with Gasteiger partial charge in [0.15, 0.2) is 5.84 Å². The summed E-state index contributed by atoms with van der Waals surface area (Å²) in [5.41, 5.74) is 2.98. The lowest BCUT2D eigenvalue weighted by atomic mass is 9.94. The smallest absolute Gasteiger partial charge is 0.364 e. The minimum atomic E-state index is -5.10. The fourth-order valence-corrected chi connectivity index (χ4v) is 5.10. The van der Waals surface area contributed by atoms with Gasteiger partial charge in [0.25, 0.3) is 5.95 Å². The SMILES string of the molecule is Cc1cc2c(cc1C(F)(F)F)N(C/C(N=N)=N/N)CCC[C@@H]2N(Cc1cc(C(F)(F)F)cc(C(F)(F)F)c1)c1nnn(C)n1. The number of nitrogens with two attached hydrogens (primary N) is 1. The van der Waals surface area contributed by atoms with Gasteiger partial charge in [-0.2, -0.15) is 49.4 Å². The second kappa shape index (κ2) is 11.9. The molecular weight excluding hydrogens is 611 g/mol. The number of aromatic nitrogens is 4. The summed E-state index contributed by atoms with van der Waals surface area (Å²) < 4.78 is 124. The summed E-state index contributed by atoms with van der Waals surface area (Å²) in [4.78, 5) is 3.81. The number of benzene rings is 2. The van der Waals surface area contributed by atoms with Crippen molar-refractivity contribution >= 4 is 17.5 Å². The Balaban J connectivity index is 1.92. The van der Waals surface area contributed by atoms with Crippen molar-refractivity contribution in [2.24, 2.45) is 23.1 Å². The van der Waals surface area contributed by atoms with E-state index in [1.54, 1.807) is 0 Å². The monoisotopic (exact) mass is 636 g/mol. The van der Waals surface area contributed by atoms with Crippen LogP contribution in [0.25, 0.3) is 0 Å². The molecule has 1 aliphatic rings. The molecule has 0 saturated carbocycles. The maximum atomic E-state index is 14.0. The molecule has 4 rings (SSSR count). The van der Waals surface area contributed by atoms with Crippen molar-refractivity contribution in [2.45, 2.75) is 50.9 Å². The molecule has 0 amide bonds. The van der Waals surface area contributed by atoms with Crippen molar-refractivity contribution in [3.63, 3.8) is 0 Å². The van der Waals surface area contributed by atoms with Crippen LogP contribution in [0.5, 0.6) is 0 Å². The molecule has 1 aromatic heterocycles. The van der Waals surface area contributed by atoms with Gasteiger partial charge >= 0.3 is 18.5 Å².